The lowest BCUT2D eigenvalue weighted by atomic mass is 9.72. The molecule has 0 fully saturated rings. The first-order valence-electron chi connectivity index (χ1n) is 11.4. The van der Waals surface area contributed by atoms with E-state index >= 15 is 0 Å². The fraction of sp³-hybridized carbons (Fsp3) is 0.577. The minimum atomic E-state index is -0.396. The number of nitrogens with zero attached hydrogens (tertiary/aromatic N) is 2. The van der Waals surface area contributed by atoms with Crippen molar-refractivity contribution in [3.05, 3.63) is 52.7 Å². The first-order chi connectivity index (χ1) is 14.3. The number of carbonyl (C=O) groups excluding carboxylic acids is 1. The van der Waals surface area contributed by atoms with E-state index in [1.54, 1.807) is 6.20 Å². The van der Waals surface area contributed by atoms with Gasteiger partial charge in [-0.05, 0) is 62.2 Å². The van der Waals surface area contributed by atoms with Crippen LogP contribution >= 0.6 is 0 Å². The quantitative estimate of drug-likeness (QED) is 0.235. The van der Waals surface area contributed by atoms with E-state index in [4.69, 9.17) is 4.74 Å². The summed E-state index contributed by atoms with van der Waals surface area (Å²) in [7, 11) is 0. The monoisotopic (exact) mass is 410 g/mol. The number of hydrogen-bond donors (Lipinski definition) is 0. The van der Waals surface area contributed by atoms with E-state index in [1.165, 1.54) is 55.9 Å². The fourth-order valence-corrected chi connectivity index (χ4v) is 3.97. The highest BCUT2D eigenvalue weighted by atomic mass is 16.5. The van der Waals surface area contributed by atoms with Gasteiger partial charge in [0.15, 0.2) is 5.69 Å². The first-order valence-corrected chi connectivity index (χ1v) is 11.4. The minimum absolute atomic E-state index is 0.233. The van der Waals surface area contributed by atoms with Gasteiger partial charge in [0.05, 0.1) is 24.7 Å². The van der Waals surface area contributed by atoms with Crippen molar-refractivity contribution in [2.45, 2.75) is 86.0 Å². The Morgan fingerprint density at radius 3 is 2.60 bits per heavy atom. The Morgan fingerprint density at radius 1 is 1.17 bits per heavy atom. The van der Waals surface area contributed by atoms with Crippen molar-refractivity contribution >= 4 is 12.0 Å². The summed E-state index contributed by atoms with van der Waals surface area (Å²) in [5.41, 5.74) is 5.27. The molecule has 0 spiro atoms. The van der Waals surface area contributed by atoms with Gasteiger partial charge in [0, 0.05) is 0 Å². The lowest BCUT2D eigenvalue weighted by Gasteiger charge is -2.32. The Labute approximate surface area is 182 Å². The average Bonchev–Trinajstić information content (AvgIpc) is 2.70. The highest BCUT2D eigenvalue weighted by Crippen LogP contribution is 2.40. The van der Waals surface area contributed by atoms with E-state index in [0.717, 1.165) is 24.1 Å². The molecule has 0 aliphatic heterocycles. The Balaban J connectivity index is 1.91. The second-order valence-corrected chi connectivity index (χ2v) is 9.03. The maximum absolute atomic E-state index is 12.1. The molecule has 1 aliphatic rings. The SMILES string of the molecule is CCCCCCCOC(=O)c1cnc(/C=C(C)/C=C/C2=C(C)CCCC2(C)C)cn1. The van der Waals surface area contributed by atoms with Gasteiger partial charge in [-0.15, -0.1) is 0 Å². The van der Waals surface area contributed by atoms with Crippen LogP contribution in [0.2, 0.25) is 0 Å². The maximum Gasteiger partial charge on any atom is 0.358 e. The van der Waals surface area contributed by atoms with Crippen LogP contribution in [0.1, 0.15) is 102 Å². The molecular formula is C26H38N2O2. The largest absolute Gasteiger partial charge is 0.461 e. The molecular weight excluding hydrogens is 372 g/mol. The van der Waals surface area contributed by atoms with Crippen LogP contribution in [0.5, 0.6) is 0 Å². The first kappa shape index (κ1) is 24.0. The molecule has 0 amide bonds. The van der Waals surface area contributed by atoms with Crippen molar-refractivity contribution in [1.29, 1.82) is 0 Å². The number of unbranched alkanes of at least 4 members (excludes halogenated alkanes) is 4. The zero-order valence-electron chi connectivity index (χ0n) is 19.5. The predicted molar refractivity (Wildman–Crippen MR) is 124 cm³/mol. The lowest BCUT2D eigenvalue weighted by molar-refractivity contribution is 0.0490. The topological polar surface area (TPSA) is 52.1 Å². The highest BCUT2D eigenvalue weighted by Gasteiger charge is 2.26. The van der Waals surface area contributed by atoms with Crippen molar-refractivity contribution in [3.8, 4) is 0 Å². The van der Waals surface area contributed by atoms with E-state index < -0.39 is 5.97 Å². The Kier molecular flexibility index (Phi) is 9.48. The fourth-order valence-electron chi connectivity index (χ4n) is 3.97. The number of carbonyl (C=O) groups is 1. The van der Waals surface area contributed by atoms with Crippen molar-refractivity contribution in [3.63, 3.8) is 0 Å². The molecule has 4 heteroatoms. The van der Waals surface area contributed by atoms with Crippen molar-refractivity contribution < 1.29 is 9.53 Å². The number of ether oxygens (including phenoxy) is 1. The Bertz CT molecular complexity index is 786. The molecule has 1 aromatic rings. The summed E-state index contributed by atoms with van der Waals surface area (Å²) in [6.07, 6.45) is 18.8. The molecule has 1 heterocycles. The van der Waals surface area contributed by atoms with Gasteiger partial charge in [-0.1, -0.05) is 64.2 Å². The second-order valence-electron chi connectivity index (χ2n) is 9.03. The molecule has 0 atom stereocenters. The average molecular weight is 411 g/mol. The summed E-state index contributed by atoms with van der Waals surface area (Å²) in [5, 5.41) is 0. The van der Waals surface area contributed by atoms with Gasteiger partial charge in [0.1, 0.15) is 0 Å². The van der Waals surface area contributed by atoms with E-state index in [2.05, 4.69) is 56.7 Å². The second kappa shape index (κ2) is 11.8. The van der Waals surface area contributed by atoms with Crippen molar-refractivity contribution in [1.82, 2.24) is 9.97 Å². The normalized spacial score (nSPS) is 16.9. The third kappa shape index (κ3) is 7.55. The lowest BCUT2D eigenvalue weighted by Crippen LogP contribution is -2.19. The molecule has 0 aromatic carbocycles. The molecule has 1 aromatic heterocycles. The molecule has 0 saturated heterocycles. The van der Waals surface area contributed by atoms with E-state index in [0.29, 0.717) is 6.61 Å². The summed E-state index contributed by atoms with van der Waals surface area (Å²) in [6, 6.07) is 0. The van der Waals surface area contributed by atoms with E-state index in [-0.39, 0.29) is 11.1 Å². The van der Waals surface area contributed by atoms with Crippen LogP contribution in [0.3, 0.4) is 0 Å². The van der Waals surface area contributed by atoms with Crippen molar-refractivity contribution in [2.75, 3.05) is 6.61 Å². The summed E-state index contributed by atoms with van der Waals surface area (Å²) >= 11 is 0. The van der Waals surface area contributed by atoms with Gasteiger partial charge in [-0.2, -0.15) is 0 Å². The molecule has 0 bridgehead atoms. The van der Waals surface area contributed by atoms with Gasteiger partial charge in [0.25, 0.3) is 0 Å². The van der Waals surface area contributed by atoms with Gasteiger partial charge in [-0.25, -0.2) is 9.78 Å². The van der Waals surface area contributed by atoms with Crippen LogP contribution < -0.4 is 0 Å². The smallest absolute Gasteiger partial charge is 0.358 e. The molecule has 0 radical (unpaired) electrons. The standard InChI is InChI=1S/C26H38N2O2/c1-6-7-8-9-10-16-30-25(29)24-19-27-22(18-28-24)17-20(2)13-14-23-21(3)12-11-15-26(23,4)5/h13-14,17-19H,6-12,15-16H2,1-5H3/b14-13+,20-17+. The number of hydrogen-bond acceptors (Lipinski definition) is 4. The van der Waals surface area contributed by atoms with Gasteiger partial charge in [0.2, 0.25) is 0 Å². The number of allylic oxidation sites excluding steroid dienone is 5. The highest BCUT2D eigenvalue weighted by molar-refractivity contribution is 5.86. The number of rotatable bonds is 10. The van der Waals surface area contributed by atoms with Crippen LogP contribution in [0.25, 0.3) is 6.08 Å². The van der Waals surface area contributed by atoms with Crippen LogP contribution in [0.4, 0.5) is 0 Å². The van der Waals surface area contributed by atoms with Crippen LogP contribution in [-0.4, -0.2) is 22.5 Å². The molecule has 164 valence electrons. The molecule has 4 nitrogen and oxygen atoms in total. The molecule has 0 saturated carbocycles. The zero-order chi connectivity index (χ0) is 22.0. The number of esters is 1. The Hall–Kier alpha value is -2.23. The summed E-state index contributed by atoms with van der Waals surface area (Å²) in [6.45, 7) is 11.6. The predicted octanol–water partition coefficient (Wildman–Crippen LogP) is 7.09. The van der Waals surface area contributed by atoms with Crippen LogP contribution in [0.15, 0.2) is 41.3 Å². The van der Waals surface area contributed by atoms with Gasteiger partial charge in [-0.3, -0.25) is 4.98 Å². The van der Waals surface area contributed by atoms with Gasteiger partial charge < -0.3 is 4.74 Å². The minimum Gasteiger partial charge on any atom is -0.461 e. The summed E-state index contributed by atoms with van der Waals surface area (Å²) < 4.78 is 5.29. The summed E-state index contributed by atoms with van der Waals surface area (Å²) in [5.74, 6) is -0.396. The third-order valence-electron chi connectivity index (χ3n) is 5.79. The maximum atomic E-state index is 12.1. The van der Waals surface area contributed by atoms with E-state index in [1.807, 2.05) is 6.08 Å². The Morgan fingerprint density at radius 2 is 1.93 bits per heavy atom. The zero-order valence-corrected chi connectivity index (χ0v) is 19.5. The van der Waals surface area contributed by atoms with Crippen LogP contribution in [-0.2, 0) is 4.74 Å². The molecule has 0 unspecified atom stereocenters. The third-order valence-corrected chi connectivity index (χ3v) is 5.79. The molecule has 1 aliphatic carbocycles. The summed E-state index contributed by atoms with van der Waals surface area (Å²) in [4.78, 5) is 20.7. The van der Waals surface area contributed by atoms with E-state index in [9.17, 15) is 4.79 Å². The number of aromatic nitrogens is 2. The molecule has 2 rings (SSSR count). The van der Waals surface area contributed by atoms with Gasteiger partial charge >= 0.3 is 5.97 Å². The molecule has 30 heavy (non-hydrogen) atoms. The molecule has 0 N–H and O–H groups in total. The van der Waals surface area contributed by atoms with Crippen molar-refractivity contribution in [2.24, 2.45) is 5.41 Å². The van der Waals surface area contributed by atoms with Crippen LogP contribution in [0, 0.1) is 5.41 Å².